The molecule has 3 rings (SSSR count). The number of carbonyl (C=O) groups is 1. The molecule has 5 heteroatoms. The van der Waals surface area contributed by atoms with Gasteiger partial charge < -0.3 is 10.6 Å². The van der Waals surface area contributed by atoms with Gasteiger partial charge in [0.25, 0.3) is 5.91 Å². The molecule has 1 saturated carbocycles. The molecule has 1 aromatic carbocycles. The zero-order chi connectivity index (χ0) is 13.9. The van der Waals surface area contributed by atoms with E-state index < -0.39 is 0 Å². The monoisotopic (exact) mass is 271 g/mol. The van der Waals surface area contributed by atoms with Crippen molar-refractivity contribution in [3.05, 3.63) is 54.1 Å². The molecule has 0 bridgehead atoms. The number of rotatable bonds is 4. The summed E-state index contributed by atoms with van der Waals surface area (Å²) in [6, 6.07) is 9.67. The normalized spacial score (nSPS) is 13.8. The molecule has 0 saturated heterocycles. The number of carbonyl (C=O) groups excluding carboxylic acids is 1. The fourth-order valence-corrected chi connectivity index (χ4v) is 1.81. The van der Waals surface area contributed by atoms with Crippen LogP contribution in [-0.4, -0.2) is 16.9 Å². The fourth-order valence-electron chi connectivity index (χ4n) is 1.81. The molecule has 0 aliphatic heterocycles. The maximum absolute atomic E-state index is 12.8. The molecular weight excluding hydrogens is 257 g/mol. The molecule has 4 nitrogen and oxygen atoms in total. The molecule has 2 N–H and O–H groups in total. The van der Waals surface area contributed by atoms with E-state index in [4.69, 9.17) is 0 Å². The van der Waals surface area contributed by atoms with Gasteiger partial charge in [0.1, 0.15) is 11.5 Å². The number of anilines is 2. The van der Waals surface area contributed by atoms with Gasteiger partial charge in [0.15, 0.2) is 0 Å². The van der Waals surface area contributed by atoms with E-state index in [2.05, 4.69) is 15.6 Å². The molecule has 0 unspecified atom stereocenters. The Bertz CT molecular complexity index is 606. The molecule has 1 aromatic heterocycles. The quantitative estimate of drug-likeness (QED) is 0.898. The van der Waals surface area contributed by atoms with Crippen LogP contribution in [0.4, 0.5) is 15.8 Å². The summed E-state index contributed by atoms with van der Waals surface area (Å²) in [6.07, 6.45) is 4.03. The highest BCUT2D eigenvalue weighted by Crippen LogP contribution is 2.24. The summed E-state index contributed by atoms with van der Waals surface area (Å²) in [4.78, 5) is 16.1. The standard InChI is InChI=1S/C15H14FN3O/c16-10-1-3-12(4-2-10)19-15(20)14-8-7-13(9-17-14)18-11-5-6-11/h1-4,7-9,11,18H,5-6H2,(H,19,20). The van der Waals surface area contributed by atoms with Gasteiger partial charge in [-0.2, -0.15) is 0 Å². The maximum atomic E-state index is 12.8. The van der Waals surface area contributed by atoms with Crippen LogP contribution in [0.3, 0.4) is 0 Å². The van der Waals surface area contributed by atoms with Crippen LogP contribution in [0, 0.1) is 5.82 Å². The molecule has 0 spiro atoms. The Labute approximate surface area is 116 Å². The molecule has 1 fully saturated rings. The van der Waals surface area contributed by atoms with Crippen molar-refractivity contribution >= 4 is 17.3 Å². The lowest BCUT2D eigenvalue weighted by molar-refractivity contribution is 0.102. The van der Waals surface area contributed by atoms with Crippen LogP contribution in [-0.2, 0) is 0 Å². The van der Waals surface area contributed by atoms with Crippen molar-refractivity contribution < 1.29 is 9.18 Å². The molecule has 1 amide bonds. The lowest BCUT2D eigenvalue weighted by atomic mass is 10.2. The van der Waals surface area contributed by atoms with Crippen LogP contribution in [0.2, 0.25) is 0 Å². The summed E-state index contributed by atoms with van der Waals surface area (Å²) in [5.74, 6) is -0.647. The molecule has 1 heterocycles. The minimum Gasteiger partial charge on any atom is -0.381 e. The topological polar surface area (TPSA) is 54.0 Å². The summed E-state index contributed by atoms with van der Waals surface area (Å²) in [5.41, 5.74) is 1.79. The smallest absolute Gasteiger partial charge is 0.274 e. The summed E-state index contributed by atoms with van der Waals surface area (Å²) >= 11 is 0. The molecule has 0 atom stereocenters. The van der Waals surface area contributed by atoms with Crippen LogP contribution in [0.1, 0.15) is 23.3 Å². The number of hydrogen-bond donors (Lipinski definition) is 2. The van der Waals surface area contributed by atoms with Gasteiger partial charge in [-0.3, -0.25) is 4.79 Å². The average molecular weight is 271 g/mol. The van der Waals surface area contributed by atoms with Crippen molar-refractivity contribution in [1.29, 1.82) is 0 Å². The van der Waals surface area contributed by atoms with Crippen molar-refractivity contribution in [3.63, 3.8) is 0 Å². The molecule has 1 aliphatic carbocycles. The predicted octanol–water partition coefficient (Wildman–Crippen LogP) is 3.05. The Hall–Kier alpha value is -2.43. The van der Waals surface area contributed by atoms with Gasteiger partial charge in [0.2, 0.25) is 0 Å². The first kappa shape index (κ1) is 12.6. The SMILES string of the molecule is O=C(Nc1ccc(F)cc1)c1ccc(NC2CC2)cn1. The predicted molar refractivity (Wildman–Crippen MR) is 75.2 cm³/mol. The first-order chi connectivity index (χ1) is 9.70. The second-order valence-corrected chi connectivity index (χ2v) is 4.81. The lowest BCUT2D eigenvalue weighted by Crippen LogP contribution is -2.13. The zero-order valence-electron chi connectivity index (χ0n) is 10.8. The van der Waals surface area contributed by atoms with E-state index in [1.54, 1.807) is 12.3 Å². The van der Waals surface area contributed by atoms with Gasteiger partial charge >= 0.3 is 0 Å². The highest BCUT2D eigenvalue weighted by molar-refractivity contribution is 6.02. The van der Waals surface area contributed by atoms with E-state index in [1.807, 2.05) is 6.07 Å². The largest absolute Gasteiger partial charge is 0.381 e. The second-order valence-electron chi connectivity index (χ2n) is 4.81. The van der Waals surface area contributed by atoms with Crippen LogP contribution in [0.25, 0.3) is 0 Å². The molecule has 20 heavy (non-hydrogen) atoms. The van der Waals surface area contributed by atoms with Crippen molar-refractivity contribution in [1.82, 2.24) is 4.98 Å². The lowest BCUT2D eigenvalue weighted by Gasteiger charge is -2.06. The number of nitrogens with one attached hydrogen (secondary N) is 2. The number of halogens is 1. The highest BCUT2D eigenvalue weighted by atomic mass is 19.1. The van der Waals surface area contributed by atoms with Crippen molar-refractivity contribution in [3.8, 4) is 0 Å². The Balaban J connectivity index is 1.65. The van der Waals surface area contributed by atoms with Gasteiger partial charge in [-0.05, 0) is 49.2 Å². The van der Waals surface area contributed by atoms with E-state index >= 15 is 0 Å². The van der Waals surface area contributed by atoms with Gasteiger partial charge in [0.05, 0.1) is 11.9 Å². The van der Waals surface area contributed by atoms with Gasteiger partial charge in [0, 0.05) is 11.7 Å². The first-order valence-corrected chi connectivity index (χ1v) is 6.50. The van der Waals surface area contributed by atoms with E-state index in [9.17, 15) is 9.18 Å². The third kappa shape index (κ3) is 3.12. The number of amides is 1. The van der Waals surface area contributed by atoms with Crippen LogP contribution >= 0.6 is 0 Å². The number of benzene rings is 1. The van der Waals surface area contributed by atoms with E-state index in [0.717, 1.165) is 5.69 Å². The summed E-state index contributed by atoms with van der Waals surface area (Å²) in [6.45, 7) is 0. The molecule has 1 aliphatic rings. The van der Waals surface area contributed by atoms with Crippen LogP contribution < -0.4 is 10.6 Å². The number of aromatic nitrogens is 1. The van der Waals surface area contributed by atoms with E-state index in [0.29, 0.717) is 17.4 Å². The number of hydrogen-bond acceptors (Lipinski definition) is 3. The third-order valence-corrected chi connectivity index (χ3v) is 3.05. The maximum Gasteiger partial charge on any atom is 0.274 e. The minimum atomic E-state index is -0.336. The molecule has 0 radical (unpaired) electrons. The highest BCUT2D eigenvalue weighted by Gasteiger charge is 2.20. The number of nitrogens with zero attached hydrogens (tertiary/aromatic N) is 1. The van der Waals surface area contributed by atoms with Crippen molar-refractivity contribution in [2.24, 2.45) is 0 Å². The zero-order valence-corrected chi connectivity index (χ0v) is 10.8. The van der Waals surface area contributed by atoms with Crippen LogP contribution in [0.5, 0.6) is 0 Å². The van der Waals surface area contributed by atoms with Crippen molar-refractivity contribution in [2.45, 2.75) is 18.9 Å². The third-order valence-electron chi connectivity index (χ3n) is 3.05. The average Bonchev–Trinajstić information content (AvgIpc) is 3.26. The summed E-state index contributed by atoms with van der Waals surface area (Å²) < 4.78 is 12.8. The molecule has 2 aromatic rings. The Kier molecular flexibility index (Phi) is 3.33. The Morgan fingerprint density at radius 2 is 1.80 bits per heavy atom. The van der Waals surface area contributed by atoms with E-state index in [-0.39, 0.29) is 11.7 Å². The summed E-state index contributed by atoms with van der Waals surface area (Å²) in [5, 5.41) is 5.97. The summed E-state index contributed by atoms with van der Waals surface area (Å²) in [7, 11) is 0. The Morgan fingerprint density at radius 3 is 2.40 bits per heavy atom. The first-order valence-electron chi connectivity index (χ1n) is 6.50. The molecular formula is C15H14FN3O. The fraction of sp³-hybridized carbons (Fsp3) is 0.200. The van der Waals surface area contributed by atoms with Gasteiger partial charge in [-0.25, -0.2) is 9.37 Å². The van der Waals surface area contributed by atoms with Crippen LogP contribution in [0.15, 0.2) is 42.6 Å². The minimum absolute atomic E-state index is 0.311. The van der Waals surface area contributed by atoms with Gasteiger partial charge in [-0.15, -0.1) is 0 Å². The second kappa shape index (κ2) is 5.28. The van der Waals surface area contributed by atoms with Crippen molar-refractivity contribution in [2.75, 3.05) is 10.6 Å². The number of pyridine rings is 1. The van der Waals surface area contributed by atoms with E-state index in [1.165, 1.54) is 37.1 Å². The Morgan fingerprint density at radius 1 is 1.10 bits per heavy atom. The van der Waals surface area contributed by atoms with Gasteiger partial charge in [-0.1, -0.05) is 0 Å². The molecule has 102 valence electrons.